The quantitative estimate of drug-likeness (QED) is 0.492. The summed E-state index contributed by atoms with van der Waals surface area (Å²) in [5.74, 6) is 3.41. The van der Waals surface area contributed by atoms with Gasteiger partial charge in [0, 0.05) is 11.0 Å². The first-order valence-corrected chi connectivity index (χ1v) is 4.23. The monoisotopic (exact) mass is 134 g/mol. The van der Waals surface area contributed by atoms with Crippen LogP contribution in [0.1, 0.15) is 6.92 Å². The molecule has 0 spiro atoms. The van der Waals surface area contributed by atoms with Crippen LogP contribution in [0.15, 0.2) is 0 Å². The summed E-state index contributed by atoms with van der Waals surface area (Å²) in [6, 6.07) is 0. The van der Waals surface area contributed by atoms with Crippen LogP contribution in [0.25, 0.3) is 0 Å². The topological polar surface area (TPSA) is 0 Å². The average molecular weight is 134 g/mol. The molecule has 0 saturated carbocycles. The van der Waals surface area contributed by atoms with Crippen molar-refractivity contribution in [2.75, 3.05) is 11.5 Å². The molecule has 0 nitrogen and oxygen atoms in total. The van der Waals surface area contributed by atoms with Gasteiger partial charge in [-0.1, -0.05) is 6.92 Å². The number of hydrogen-bond acceptors (Lipinski definition) is 2. The fourth-order valence-corrected chi connectivity index (χ4v) is 2.52. The zero-order chi connectivity index (χ0) is 5.28. The van der Waals surface area contributed by atoms with Gasteiger partial charge in [-0.25, -0.2) is 0 Å². The zero-order valence-corrected chi connectivity index (χ0v) is 6.14. The Kier molecular flexibility index (Phi) is 1.93. The molecule has 1 saturated heterocycles. The molecule has 0 aromatic heterocycles. The largest absolute Gasteiger partial charge is 0.175 e. The van der Waals surface area contributed by atoms with Crippen molar-refractivity contribution in [1.29, 1.82) is 0 Å². The first kappa shape index (κ1) is 5.83. The van der Waals surface area contributed by atoms with Gasteiger partial charge in [-0.15, -0.1) is 0 Å². The van der Waals surface area contributed by atoms with E-state index in [0.717, 1.165) is 5.92 Å². The number of rotatable bonds is 0. The maximum atomic E-state index is 4.37. The third kappa shape index (κ3) is 1.29. The minimum absolute atomic E-state index is 0.671. The molecule has 0 aliphatic carbocycles. The molecule has 2 heteroatoms. The fourth-order valence-electron chi connectivity index (χ4n) is 0.650. The molecule has 0 N–H and O–H groups in total. The molecular formula is C5H10S2. The summed E-state index contributed by atoms with van der Waals surface area (Å²) in [6.07, 6.45) is 0. The number of hydrogen-bond donors (Lipinski definition) is 1. The Balaban J connectivity index is 2.33. The Bertz CT molecular complexity index is 55.1. The van der Waals surface area contributed by atoms with Crippen molar-refractivity contribution in [2.45, 2.75) is 12.2 Å². The summed E-state index contributed by atoms with van der Waals surface area (Å²) < 4.78 is 0. The van der Waals surface area contributed by atoms with E-state index in [4.69, 9.17) is 0 Å². The maximum absolute atomic E-state index is 4.37. The fraction of sp³-hybridized carbons (Fsp3) is 1.00. The minimum atomic E-state index is 0.671. The Labute approximate surface area is 54.5 Å². The van der Waals surface area contributed by atoms with E-state index in [1.807, 2.05) is 11.8 Å². The van der Waals surface area contributed by atoms with Crippen molar-refractivity contribution in [2.24, 2.45) is 5.92 Å². The van der Waals surface area contributed by atoms with Crippen LogP contribution in [0.2, 0.25) is 0 Å². The molecule has 2 atom stereocenters. The molecule has 7 heavy (non-hydrogen) atoms. The van der Waals surface area contributed by atoms with Gasteiger partial charge >= 0.3 is 0 Å². The highest BCUT2D eigenvalue weighted by atomic mass is 32.2. The molecular weight excluding hydrogens is 124 g/mol. The smallest absolute Gasteiger partial charge is 0.0141 e. The Morgan fingerprint density at radius 1 is 1.57 bits per heavy atom. The van der Waals surface area contributed by atoms with E-state index in [-0.39, 0.29) is 0 Å². The van der Waals surface area contributed by atoms with Crippen LogP contribution in [0.4, 0.5) is 0 Å². The summed E-state index contributed by atoms with van der Waals surface area (Å²) in [6.45, 7) is 2.26. The first-order chi connectivity index (χ1) is 3.30. The van der Waals surface area contributed by atoms with Gasteiger partial charge in [0.05, 0.1) is 0 Å². The van der Waals surface area contributed by atoms with E-state index in [2.05, 4.69) is 19.6 Å². The van der Waals surface area contributed by atoms with E-state index in [1.165, 1.54) is 11.5 Å². The summed E-state index contributed by atoms with van der Waals surface area (Å²) in [5.41, 5.74) is 0. The van der Waals surface area contributed by atoms with Gasteiger partial charge in [0.25, 0.3) is 0 Å². The molecule has 1 rings (SSSR count). The highest BCUT2D eigenvalue weighted by Gasteiger charge is 2.19. The number of thiol groups is 1. The van der Waals surface area contributed by atoms with Crippen molar-refractivity contribution in [3.05, 3.63) is 0 Å². The first-order valence-electron chi connectivity index (χ1n) is 2.56. The highest BCUT2D eigenvalue weighted by molar-refractivity contribution is 8.00. The van der Waals surface area contributed by atoms with E-state index in [1.54, 1.807) is 0 Å². The summed E-state index contributed by atoms with van der Waals surface area (Å²) in [7, 11) is 0. The third-order valence-corrected chi connectivity index (χ3v) is 3.62. The van der Waals surface area contributed by atoms with E-state index < -0.39 is 0 Å². The van der Waals surface area contributed by atoms with Crippen molar-refractivity contribution in [3.8, 4) is 0 Å². The number of thioether (sulfide) groups is 1. The zero-order valence-electron chi connectivity index (χ0n) is 4.42. The molecule has 0 amide bonds. The van der Waals surface area contributed by atoms with Crippen molar-refractivity contribution < 1.29 is 0 Å². The SMILES string of the molecule is C[C@@H]1CSC[C@@H]1S. The molecule has 42 valence electrons. The second-order valence-electron chi connectivity index (χ2n) is 2.08. The van der Waals surface area contributed by atoms with Gasteiger partial charge in [-0.3, -0.25) is 0 Å². The lowest BCUT2D eigenvalue weighted by molar-refractivity contribution is 0.688. The summed E-state index contributed by atoms with van der Waals surface area (Å²) in [4.78, 5) is 0. The standard InChI is InChI=1S/C5H10S2/c1-4-2-7-3-5(4)6/h4-6H,2-3H2,1H3/t4-,5+/m1/s1. The lowest BCUT2D eigenvalue weighted by atomic mass is 10.2. The molecule has 0 radical (unpaired) electrons. The average Bonchev–Trinajstić information content (AvgIpc) is 1.91. The van der Waals surface area contributed by atoms with Gasteiger partial charge in [0.15, 0.2) is 0 Å². The van der Waals surface area contributed by atoms with Crippen LogP contribution in [0.3, 0.4) is 0 Å². The lowest BCUT2D eigenvalue weighted by Crippen LogP contribution is -2.06. The Morgan fingerprint density at radius 3 is 2.43 bits per heavy atom. The van der Waals surface area contributed by atoms with Crippen LogP contribution in [0.5, 0.6) is 0 Å². The van der Waals surface area contributed by atoms with Crippen molar-refractivity contribution >= 4 is 24.4 Å². The minimum Gasteiger partial charge on any atom is -0.175 e. The Hall–Kier alpha value is 0.700. The third-order valence-electron chi connectivity index (χ3n) is 1.33. The van der Waals surface area contributed by atoms with Gasteiger partial charge in [0.2, 0.25) is 0 Å². The molecule has 1 fully saturated rings. The van der Waals surface area contributed by atoms with Gasteiger partial charge in [0.1, 0.15) is 0 Å². The molecule has 0 aromatic rings. The predicted molar refractivity (Wildman–Crippen MR) is 39.3 cm³/mol. The van der Waals surface area contributed by atoms with Crippen molar-refractivity contribution in [3.63, 3.8) is 0 Å². The van der Waals surface area contributed by atoms with Crippen LogP contribution < -0.4 is 0 Å². The second kappa shape index (κ2) is 2.31. The summed E-state index contributed by atoms with van der Waals surface area (Å²) >= 11 is 6.38. The van der Waals surface area contributed by atoms with Crippen LogP contribution in [0, 0.1) is 5.92 Å². The normalized spacial score (nSPS) is 42.0. The van der Waals surface area contributed by atoms with Crippen LogP contribution in [-0.4, -0.2) is 16.8 Å². The molecule has 1 aliphatic heterocycles. The van der Waals surface area contributed by atoms with Gasteiger partial charge < -0.3 is 0 Å². The molecule has 1 heterocycles. The van der Waals surface area contributed by atoms with Crippen LogP contribution >= 0.6 is 24.4 Å². The molecule has 0 bridgehead atoms. The van der Waals surface area contributed by atoms with Crippen molar-refractivity contribution in [1.82, 2.24) is 0 Å². The molecule has 1 aliphatic rings. The van der Waals surface area contributed by atoms with Crippen LogP contribution in [-0.2, 0) is 0 Å². The predicted octanol–water partition coefficient (Wildman–Crippen LogP) is 1.67. The van der Waals surface area contributed by atoms with E-state index >= 15 is 0 Å². The maximum Gasteiger partial charge on any atom is 0.0141 e. The van der Waals surface area contributed by atoms with Gasteiger partial charge in [-0.05, 0) is 11.7 Å². The van der Waals surface area contributed by atoms with E-state index in [9.17, 15) is 0 Å². The van der Waals surface area contributed by atoms with Gasteiger partial charge in [-0.2, -0.15) is 24.4 Å². The molecule has 0 aromatic carbocycles. The Morgan fingerprint density at radius 2 is 2.29 bits per heavy atom. The lowest BCUT2D eigenvalue weighted by Gasteiger charge is -2.02. The molecule has 0 unspecified atom stereocenters. The van der Waals surface area contributed by atoms with E-state index in [0.29, 0.717) is 5.25 Å². The summed E-state index contributed by atoms with van der Waals surface area (Å²) in [5, 5.41) is 0.671. The highest BCUT2D eigenvalue weighted by Crippen LogP contribution is 2.26. The second-order valence-corrected chi connectivity index (χ2v) is 3.82.